The second-order valence-corrected chi connectivity index (χ2v) is 4.87. The van der Waals surface area contributed by atoms with Crippen molar-refractivity contribution in [1.82, 2.24) is 9.88 Å². The van der Waals surface area contributed by atoms with E-state index in [1.54, 1.807) is 10.3 Å². The molecule has 0 fully saturated rings. The maximum atomic E-state index is 12.2. The highest BCUT2D eigenvalue weighted by atomic mass is 32.1. The van der Waals surface area contributed by atoms with Crippen LogP contribution in [0.3, 0.4) is 0 Å². The summed E-state index contributed by atoms with van der Waals surface area (Å²) in [6, 6.07) is 9.78. The zero-order chi connectivity index (χ0) is 13.7. The van der Waals surface area contributed by atoms with Crippen molar-refractivity contribution in [3.8, 4) is 10.6 Å². The van der Waals surface area contributed by atoms with Crippen molar-refractivity contribution < 1.29 is 9.90 Å². The summed E-state index contributed by atoms with van der Waals surface area (Å²) in [5.41, 5.74) is 1.45. The first-order valence-corrected chi connectivity index (χ1v) is 7.05. The van der Waals surface area contributed by atoms with Gasteiger partial charge in [0.1, 0.15) is 10.7 Å². The van der Waals surface area contributed by atoms with Gasteiger partial charge in [0.15, 0.2) is 0 Å². The van der Waals surface area contributed by atoms with Gasteiger partial charge in [-0.05, 0) is 6.92 Å². The Morgan fingerprint density at radius 2 is 2.11 bits per heavy atom. The lowest BCUT2D eigenvalue weighted by Crippen LogP contribution is -2.33. The summed E-state index contributed by atoms with van der Waals surface area (Å²) < 4.78 is 0. The van der Waals surface area contributed by atoms with Crippen LogP contribution in [0.25, 0.3) is 10.6 Å². The molecule has 1 amide bonds. The maximum Gasteiger partial charge on any atom is 0.273 e. The van der Waals surface area contributed by atoms with Crippen LogP contribution >= 0.6 is 11.3 Å². The Bertz CT molecular complexity index is 539. The number of carbonyl (C=O) groups is 1. The molecule has 0 bridgehead atoms. The Kier molecular flexibility index (Phi) is 4.65. The average Bonchev–Trinajstić information content (AvgIpc) is 2.95. The van der Waals surface area contributed by atoms with Crippen molar-refractivity contribution in [1.29, 1.82) is 0 Å². The number of hydrogen-bond donors (Lipinski definition) is 1. The van der Waals surface area contributed by atoms with E-state index in [9.17, 15) is 4.79 Å². The molecule has 100 valence electrons. The summed E-state index contributed by atoms with van der Waals surface area (Å²) in [5, 5.41) is 11.5. The van der Waals surface area contributed by atoms with Crippen LogP contribution in [0.4, 0.5) is 0 Å². The van der Waals surface area contributed by atoms with Gasteiger partial charge < -0.3 is 10.0 Å². The maximum absolute atomic E-state index is 12.2. The normalized spacial score (nSPS) is 10.4. The summed E-state index contributed by atoms with van der Waals surface area (Å²) >= 11 is 1.46. The van der Waals surface area contributed by atoms with Gasteiger partial charge >= 0.3 is 0 Å². The van der Waals surface area contributed by atoms with Crippen LogP contribution < -0.4 is 0 Å². The average molecular weight is 276 g/mol. The van der Waals surface area contributed by atoms with E-state index in [-0.39, 0.29) is 12.5 Å². The van der Waals surface area contributed by atoms with Crippen LogP contribution in [0.1, 0.15) is 17.4 Å². The molecule has 0 atom stereocenters. The van der Waals surface area contributed by atoms with Crippen LogP contribution in [0.5, 0.6) is 0 Å². The first-order chi connectivity index (χ1) is 9.26. The van der Waals surface area contributed by atoms with Crippen molar-refractivity contribution in [3.63, 3.8) is 0 Å². The van der Waals surface area contributed by atoms with Crippen LogP contribution in [-0.4, -0.2) is 40.6 Å². The second-order valence-electron chi connectivity index (χ2n) is 4.01. The number of carbonyl (C=O) groups excluding carboxylic acids is 1. The van der Waals surface area contributed by atoms with Gasteiger partial charge in [-0.3, -0.25) is 4.79 Å². The molecule has 0 aliphatic heterocycles. The fourth-order valence-corrected chi connectivity index (χ4v) is 2.57. The van der Waals surface area contributed by atoms with Gasteiger partial charge in [0.25, 0.3) is 5.91 Å². The van der Waals surface area contributed by atoms with Crippen molar-refractivity contribution in [3.05, 3.63) is 41.4 Å². The lowest BCUT2D eigenvalue weighted by Gasteiger charge is -2.18. The summed E-state index contributed by atoms with van der Waals surface area (Å²) in [4.78, 5) is 18.1. The van der Waals surface area contributed by atoms with Gasteiger partial charge in [0.2, 0.25) is 0 Å². The Balaban J connectivity index is 2.19. The van der Waals surface area contributed by atoms with E-state index in [2.05, 4.69) is 4.98 Å². The molecule has 1 aromatic heterocycles. The van der Waals surface area contributed by atoms with Crippen LogP contribution in [-0.2, 0) is 0 Å². The third kappa shape index (κ3) is 3.19. The molecule has 1 aromatic carbocycles. The van der Waals surface area contributed by atoms with E-state index in [1.165, 1.54) is 11.3 Å². The van der Waals surface area contributed by atoms with Crippen molar-refractivity contribution in [2.24, 2.45) is 0 Å². The van der Waals surface area contributed by atoms with Gasteiger partial charge in [-0.25, -0.2) is 4.98 Å². The molecule has 2 rings (SSSR count). The van der Waals surface area contributed by atoms with E-state index in [0.29, 0.717) is 18.8 Å². The van der Waals surface area contributed by atoms with E-state index in [4.69, 9.17) is 5.11 Å². The third-order valence-corrected chi connectivity index (χ3v) is 3.67. The topological polar surface area (TPSA) is 53.4 Å². The molecule has 0 unspecified atom stereocenters. The number of rotatable bonds is 5. The number of amides is 1. The summed E-state index contributed by atoms with van der Waals surface area (Å²) in [6.07, 6.45) is 0. The minimum atomic E-state index is -0.130. The highest BCUT2D eigenvalue weighted by Crippen LogP contribution is 2.23. The Hall–Kier alpha value is -1.72. The van der Waals surface area contributed by atoms with Gasteiger partial charge in [-0.15, -0.1) is 11.3 Å². The first kappa shape index (κ1) is 13.7. The van der Waals surface area contributed by atoms with Crippen LogP contribution in [0, 0.1) is 0 Å². The standard InChI is InChI=1S/C14H16N2O2S/c1-2-16(8-9-17)14(18)12-10-19-13(15-12)11-6-4-3-5-7-11/h3-7,10,17H,2,8-9H2,1H3. The molecule has 1 N–H and O–H groups in total. The molecule has 0 saturated heterocycles. The quantitative estimate of drug-likeness (QED) is 0.911. The second kappa shape index (κ2) is 6.45. The molecule has 4 nitrogen and oxygen atoms in total. The number of nitrogens with zero attached hydrogens (tertiary/aromatic N) is 2. The van der Waals surface area contributed by atoms with Crippen molar-refractivity contribution in [2.75, 3.05) is 19.7 Å². The zero-order valence-corrected chi connectivity index (χ0v) is 11.6. The Morgan fingerprint density at radius 3 is 2.74 bits per heavy atom. The van der Waals surface area contributed by atoms with Crippen LogP contribution in [0.15, 0.2) is 35.7 Å². The molecule has 5 heteroatoms. The van der Waals surface area contributed by atoms with Crippen LogP contribution in [0.2, 0.25) is 0 Å². The summed E-state index contributed by atoms with van der Waals surface area (Å²) in [6.45, 7) is 2.76. The molecule has 2 aromatic rings. The zero-order valence-electron chi connectivity index (χ0n) is 10.7. The number of benzene rings is 1. The monoisotopic (exact) mass is 276 g/mol. The molecule has 0 spiro atoms. The van der Waals surface area contributed by atoms with E-state index >= 15 is 0 Å². The fourth-order valence-electron chi connectivity index (χ4n) is 1.77. The Labute approximate surface area is 116 Å². The highest BCUT2D eigenvalue weighted by Gasteiger charge is 2.17. The Morgan fingerprint density at radius 1 is 1.37 bits per heavy atom. The van der Waals surface area contributed by atoms with Gasteiger partial charge in [0, 0.05) is 24.0 Å². The number of thiazole rings is 1. The van der Waals surface area contributed by atoms with E-state index in [1.807, 2.05) is 37.3 Å². The first-order valence-electron chi connectivity index (χ1n) is 6.17. The van der Waals surface area contributed by atoms with Crippen molar-refractivity contribution in [2.45, 2.75) is 6.92 Å². The lowest BCUT2D eigenvalue weighted by molar-refractivity contribution is 0.0727. The number of aromatic nitrogens is 1. The molecule has 0 saturated carbocycles. The number of aliphatic hydroxyl groups is 1. The SMILES string of the molecule is CCN(CCO)C(=O)c1csc(-c2ccccc2)n1. The molecule has 0 aliphatic carbocycles. The van der Waals surface area contributed by atoms with Gasteiger partial charge in [-0.2, -0.15) is 0 Å². The molecule has 1 heterocycles. The molecule has 0 radical (unpaired) electrons. The predicted molar refractivity (Wildman–Crippen MR) is 76.2 cm³/mol. The minimum Gasteiger partial charge on any atom is -0.395 e. The number of hydrogen-bond acceptors (Lipinski definition) is 4. The smallest absolute Gasteiger partial charge is 0.273 e. The predicted octanol–water partition coefficient (Wildman–Crippen LogP) is 2.26. The van der Waals surface area contributed by atoms with E-state index < -0.39 is 0 Å². The minimum absolute atomic E-state index is 0.0325. The molecule has 0 aliphatic rings. The largest absolute Gasteiger partial charge is 0.395 e. The molecular weight excluding hydrogens is 260 g/mol. The van der Waals surface area contributed by atoms with E-state index in [0.717, 1.165) is 10.6 Å². The highest BCUT2D eigenvalue weighted by molar-refractivity contribution is 7.13. The summed E-state index contributed by atoms with van der Waals surface area (Å²) in [5.74, 6) is -0.130. The molecular formula is C14H16N2O2S. The van der Waals surface area contributed by atoms with Crippen molar-refractivity contribution >= 4 is 17.2 Å². The lowest BCUT2D eigenvalue weighted by atomic mass is 10.2. The summed E-state index contributed by atoms with van der Waals surface area (Å²) in [7, 11) is 0. The molecule has 19 heavy (non-hydrogen) atoms. The number of likely N-dealkylation sites (N-methyl/N-ethyl adjacent to an activating group) is 1. The van der Waals surface area contributed by atoms with Gasteiger partial charge in [0.05, 0.1) is 6.61 Å². The number of aliphatic hydroxyl groups excluding tert-OH is 1. The van der Waals surface area contributed by atoms with Gasteiger partial charge in [-0.1, -0.05) is 30.3 Å². The fraction of sp³-hybridized carbons (Fsp3) is 0.286. The third-order valence-electron chi connectivity index (χ3n) is 2.78.